The lowest BCUT2D eigenvalue weighted by atomic mass is 9.85. The van der Waals surface area contributed by atoms with Crippen molar-refractivity contribution < 1.29 is 19.4 Å². The van der Waals surface area contributed by atoms with E-state index < -0.39 is 23.5 Å². The minimum absolute atomic E-state index is 0.106. The monoisotopic (exact) mass is 230 g/mol. The molecule has 1 fully saturated rings. The van der Waals surface area contributed by atoms with Crippen molar-refractivity contribution in [2.24, 2.45) is 11.1 Å². The molecule has 1 saturated heterocycles. The van der Waals surface area contributed by atoms with Crippen molar-refractivity contribution in [2.75, 3.05) is 13.2 Å². The summed E-state index contributed by atoms with van der Waals surface area (Å²) in [5.74, 6) is -1.30. The minimum atomic E-state index is -1.07. The Hall–Kier alpha value is -1.14. The third kappa shape index (κ3) is 2.33. The molecule has 1 aliphatic heterocycles. The highest BCUT2D eigenvalue weighted by Crippen LogP contribution is 2.28. The van der Waals surface area contributed by atoms with Gasteiger partial charge in [-0.2, -0.15) is 0 Å². The van der Waals surface area contributed by atoms with Crippen LogP contribution in [0.4, 0.5) is 0 Å². The normalized spacial score (nSPS) is 31.1. The average Bonchev–Trinajstić information content (AvgIpc) is 2.60. The van der Waals surface area contributed by atoms with E-state index in [1.807, 2.05) is 0 Å². The van der Waals surface area contributed by atoms with E-state index in [-0.39, 0.29) is 19.1 Å². The molecular weight excluding hydrogens is 212 g/mol. The first kappa shape index (κ1) is 12.9. The molecule has 16 heavy (non-hydrogen) atoms. The van der Waals surface area contributed by atoms with Gasteiger partial charge in [0.1, 0.15) is 5.41 Å². The zero-order chi connectivity index (χ0) is 12.3. The average molecular weight is 230 g/mol. The predicted molar refractivity (Wildman–Crippen MR) is 56.8 cm³/mol. The molecule has 3 atom stereocenters. The number of nitrogens with one attached hydrogen (secondary N) is 1. The van der Waals surface area contributed by atoms with Gasteiger partial charge in [-0.05, 0) is 13.3 Å². The van der Waals surface area contributed by atoms with Gasteiger partial charge in [0.05, 0.1) is 25.3 Å². The second-order valence-corrected chi connectivity index (χ2v) is 4.31. The highest BCUT2D eigenvalue weighted by Gasteiger charge is 2.47. The number of rotatable bonds is 4. The molecule has 92 valence electrons. The Bertz CT molecular complexity index is 295. The Labute approximate surface area is 94.1 Å². The van der Waals surface area contributed by atoms with Crippen LogP contribution >= 0.6 is 0 Å². The molecule has 0 aliphatic carbocycles. The number of ether oxygens (including phenoxy) is 1. The molecule has 0 spiro atoms. The number of nitrogens with two attached hydrogens (primary N) is 1. The van der Waals surface area contributed by atoms with Crippen molar-refractivity contribution in [3.8, 4) is 0 Å². The van der Waals surface area contributed by atoms with E-state index in [0.717, 1.165) is 0 Å². The van der Waals surface area contributed by atoms with Crippen LogP contribution in [0.1, 0.15) is 20.3 Å². The van der Waals surface area contributed by atoms with E-state index in [4.69, 9.17) is 15.6 Å². The number of carbonyl (C=O) groups excluding carboxylic acids is 1. The standard InChI is InChI=1S/C10H18N2O4/c1-3-6(11)8(13)12-7-4-16-5-10(7,2)9(14)15/h6-7H,3-5,11H2,1-2H3,(H,12,13)(H,14,15)/t6-,7?,10?/m1/s1. The van der Waals surface area contributed by atoms with E-state index in [0.29, 0.717) is 6.42 Å². The largest absolute Gasteiger partial charge is 0.481 e. The van der Waals surface area contributed by atoms with Gasteiger partial charge in [-0.1, -0.05) is 6.92 Å². The van der Waals surface area contributed by atoms with Gasteiger partial charge in [0.15, 0.2) is 0 Å². The molecular formula is C10H18N2O4. The maximum Gasteiger partial charge on any atom is 0.313 e. The molecule has 0 bridgehead atoms. The van der Waals surface area contributed by atoms with Crippen LogP contribution in [0.25, 0.3) is 0 Å². The van der Waals surface area contributed by atoms with Gasteiger partial charge in [0.2, 0.25) is 5.91 Å². The van der Waals surface area contributed by atoms with Gasteiger partial charge in [-0.15, -0.1) is 0 Å². The second-order valence-electron chi connectivity index (χ2n) is 4.31. The summed E-state index contributed by atoms with van der Waals surface area (Å²) in [4.78, 5) is 22.6. The summed E-state index contributed by atoms with van der Waals surface area (Å²) in [6.07, 6.45) is 0.517. The van der Waals surface area contributed by atoms with Crippen molar-refractivity contribution in [1.82, 2.24) is 5.32 Å². The maximum atomic E-state index is 11.6. The van der Waals surface area contributed by atoms with Crippen LogP contribution in [0, 0.1) is 5.41 Å². The number of carbonyl (C=O) groups is 2. The number of carboxylic acid groups (broad SMARTS) is 1. The zero-order valence-electron chi connectivity index (χ0n) is 9.53. The predicted octanol–water partition coefficient (Wildman–Crippen LogP) is -0.670. The first-order chi connectivity index (χ1) is 7.41. The van der Waals surface area contributed by atoms with Crippen LogP contribution in [-0.4, -0.2) is 42.3 Å². The van der Waals surface area contributed by atoms with Crippen molar-refractivity contribution in [3.63, 3.8) is 0 Å². The summed E-state index contributed by atoms with van der Waals surface area (Å²) < 4.78 is 5.11. The SMILES string of the molecule is CC[C@@H](N)C(=O)NC1COCC1(C)C(=O)O. The van der Waals surface area contributed by atoms with Gasteiger partial charge in [0.25, 0.3) is 0 Å². The van der Waals surface area contributed by atoms with Crippen molar-refractivity contribution >= 4 is 11.9 Å². The molecule has 1 rings (SSSR count). The lowest BCUT2D eigenvalue weighted by molar-refractivity contribution is -0.149. The summed E-state index contributed by atoms with van der Waals surface area (Å²) in [6.45, 7) is 3.68. The molecule has 0 aromatic rings. The van der Waals surface area contributed by atoms with Crippen LogP contribution in [0.3, 0.4) is 0 Å². The van der Waals surface area contributed by atoms with Crippen LogP contribution < -0.4 is 11.1 Å². The number of amides is 1. The fraction of sp³-hybridized carbons (Fsp3) is 0.800. The Kier molecular flexibility index (Phi) is 3.88. The fourth-order valence-corrected chi connectivity index (χ4v) is 1.55. The molecule has 0 saturated carbocycles. The minimum Gasteiger partial charge on any atom is -0.481 e. The van der Waals surface area contributed by atoms with Crippen LogP contribution in [0.5, 0.6) is 0 Å². The molecule has 6 heteroatoms. The molecule has 1 heterocycles. The quantitative estimate of drug-likeness (QED) is 0.594. The maximum absolute atomic E-state index is 11.6. The summed E-state index contributed by atoms with van der Waals surface area (Å²) in [6, 6.07) is -1.12. The second kappa shape index (κ2) is 4.80. The Balaban J connectivity index is 2.67. The number of carboxylic acids is 1. The van der Waals surface area contributed by atoms with Gasteiger partial charge in [0, 0.05) is 0 Å². The third-order valence-electron chi connectivity index (χ3n) is 3.04. The van der Waals surface area contributed by atoms with Crippen molar-refractivity contribution in [3.05, 3.63) is 0 Å². The summed E-state index contributed by atoms with van der Waals surface area (Å²) >= 11 is 0. The van der Waals surface area contributed by atoms with Gasteiger partial charge in [-0.25, -0.2) is 0 Å². The molecule has 0 aromatic heterocycles. The fourth-order valence-electron chi connectivity index (χ4n) is 1.55. The molecule has 4 N–H and O–H groups in total. The van der Waals surface area contributed by atoms with Crippen LogP contribution in [0.15, 0.2) is 0 Å². The molecule has 1 aliphatic rings. The molecule has 2 unspecified atom stereocenters. The molecule has 6 nitrogen and oxygen atoms in total. The Morgan fingerprint density at radius 3 is 2.81 bits per heavy atom. The lowest BCUT2D eigenvalue weighted by Crippen LogP contribution is -2.53. The van der Waals surface area contributed by atoms with E-state index in [1.165, 1.54) is 0 Å². The van der Waals surface area contributed by atoms with E-state index >= 15 is 0 Å². The zero-order valence-corrected chi connectivity index (χ0v) is 9.53. The highest BCUT2D eigenvalue weighted by molar-refractivity contribution is 5.83. The van der Waals surface area contributed by atoms with Crippen molar-refractivity contribution in [2.45, 2.75) is 32.4 Å². The Morgan fingerprint density at radius 2 is 2.31 bits per heavy atom. The molecule has 1 amide bonds. The van der Waals surface area contributed by atoms with Gasteiger partial charge >= 0.3 is 5.97 Å². The number of hydrogen-bond acceptors (Lipinski definition) is 4. The van der Waals surface area contributed by atoms with Crippen LogP contribution in [-0.2, 0) is 14.3 Å². The van der Waals surface area contributed by atoms with E-state index in [1.54, 1.807) is 13.8 Å². The van der Waals surface area contributed by atoms with E-state index in [2.05, 4.69) is 5.32 Å². The summed E-state index contributed by atoms with van der Waals surface area (Å²) in [7, 11) is 0. The summed E-state index contributed by atoms with van der Waals surface area (Å²) in [5.41, 5.74) is 4.49. The summed E-state index contributed by atoms with van der Waals surface area (Å²) in [5, 5.41) is 11.7. The smallest absolute Gasteiger partial charge is 0.313 e. The van der Waals surface area contributed by atoms with Gasteiger partial charge < -0.3 is 20.9 Å². The van der Waals surface area contributed by atoms with Gasteiger partial charge in [-0.3, -0.25) is 9.59 Å². The molecule has 0 aromatic carbocycles. The number of hydrogen-bond donors (Lipinski definition) is 3. The van der Waals surface area contributed by atoms with E-state index in [9.17, 15) is 9.59 Å². The van der Waals surface area contributed by atoms with Crippen molar-refractivity contribution in [1.29, 1.82) is 0 Å². The number of aliphatic carboxylic acids is 1. The first-order valence-electron chi connectivity index (χ1n) is 5.29. The highest BCUT2D eigenvalue weighted by atomic mass is 16.5. The molecule has 0 radical (unpaired) electrons. The first-order valence-corrected chi connectivity index (χ1v) is 5.29. The topological polar surface area (TPSA) is 102 Å². The third-order valence-corrected chi connectivity index (χ3v) is 3.04. The Morgan fingerprint density at radius 1 is 1.69 bits per heavy atom. The lowest BCUT2D eigenvalue weighted by Gasteiger charge is -2.26. The van der Waals surface area contributed by atoms with Crippen LogP contribution in [0.2, 0.25) is 0 Å².